The zero-order valence-corrected chi connectivity index (χ0v) is 10.1. The first-order chi connectivity index (χ1) is 8.11. The van der Waals surface area contributed by atoms with E-state index in [2.05, 4.69) is 15.8 Å². The fourth-order valence-corrected chi connectivity index (χ4v) is 1.89. The average Bonchev–Trinajstić information content (AvgIpc) is 2.30. The van der Waals surface area contributed by atoms with E-state index >= 15 is 0 Å². The molecule has 5 nitrogen and oxygen atoms in total. The smallest absolute Gasteiger partial charge is 0.265 e. The zero-order chi connectivity index (χ0) is 12.4. The van der Waals surface area contributed by atoms with E-state index in [0.717, 1.165) is 0 Å². The van der Waals surface area contributed by atoms with Gasteiger partial charge in [-0.05, 0) is 18.2 Å². The minimum atomic E-state index is -0.821. The Bertz CT molecular complexity index is 490. The number of hydrogen-bond acceptors (Lipinski definition) is 4. The van der Waals surface area contributed by atoms with Crippen LogP contribution in [0.25, 0.3) is 0 Å². The summed E-state index contributed by atoms with van der Waals surface area (Å²) in [7, 11) is 0. The van der Waals surface area contributed by atoms with Gasteiger partial charge in [0.05, 0.1) is 11.6 Å². The lowest BCUT2D eigenvalue weighted by atomic mass is 10.2. The van der Waals surface area contributed by atoms with E-state index < -0.39 is 6.04 Å². The number of hydrazine groups is 1. The van der Waals surface area contributed by atoms with Crippen LogP contribution in [0.2, 0.25) is 10.0 Å². The highest BCUT2D eigenvalue weighted by Crippen LogP contribution is 2.21. The summed E-state index contributed by atoms with van der Waals surface area (Å²) in [6.45, 7) is -0.359. The van der Waals surface area contributed by atoms with Crippen LogP contribution in [0, 0.1) is 0 Å². The van der Waals surface area contributed by atoms with E-state index in [0.29, 0.717) is 21.4 Å². The van der Waals surface area contributed by atoms with Gasteiger partial charge in [0.15, 0.2) is 6.04 Å². The molecule has 0 radical (unpaired) electrons. The molecular weight excluding hydrogens is 265 g/mol. The van der Waals surface area contributed by atoms with Gasteiger partial charge in [-0.1, -0.05) is 23.2 Å². The summed E-state index contributed by atoms with van der Waals surface area (Å²) in [4.78, 5) is 15.3. The van der Waals surface area contributed by atoms with Crippen molar-refractivity contribution in [2.75, 3.05) is 6.61 Å². The second kappa shape index (κ2) is 4.91. The van der Waals surface area contributed by atoms with E-state index in [1.165, 1.54) is 0 Å². The van der Waals surface area contributed by atoms with Crippen molar-refractivity contribution in [3.63, 3.8) is 0 Å². The molecule has 0 aliphatic carbocycles. The van der Waals surface area contributed by atoms with Crippen LogP contribution in [-0.4, -0.2) is 29.5 Å². The third kappa shape index (κ3) is 2.52. The highest BCUT2D eigenvalue weighted by molar-refractivity contribution is 6.37. The molecule has 0 spiro atoms. The molecule has 1 aliphatic rings. The number of carbonyl (C=O) groups is 1. The second-order valence-corrected chi connectivity index (χ2v) is 4.26. The van der Waals surface area contributed by atoms with E-state index in [-0.39, 0.29) is 12.5 Å². The van der Waals surface area contributed by atoms with Crippen molar-refractivity contribution in [1.29, 1.82) is 0 Å². The van der Waals surface area contributed by atoms with Crippen LogP contribution in [0.5, 0.6) is 0 Å². The van der Waals surface area contributed by atoms with Crippen LogP contribution in [0.4, 0.5) is 0 Å². The number of amides is 1. The normalized spacial score (nSPS) is 19.4. The van der Waals surface area contributed by atoms with Gasteiger partial charge < -0.3 is 5.11 Å². The Balaban J connectivity index is 2.37. The van der Waals surface area contributed by atoms with Crippen molar-refractivity contribution in [3.8, 4) is 0 Å². The average molecular weight is 274 g/mol. The van der Waals surface area contributed by atoms with Crippen LogP contribution >= 0.6 is 23.2 Å². The van der Waals surface area contributed by atoms with Crippen LogP contribution in [-0.2, 0) is 4.79 Å². The first kappa shape index (κ1) is 12.2. The van der Waals surface area contributed by atoms with Gasteiger partial charge in [-0.2, -0.15) is 0 Å². The minimum absolute atomic E-state index is 0.359. The molecule has 3 N–H and O–H groups in total. The Morgan fingerprint density at radius 2 is 2.12 bits per heavy atom. The molecule has 1 aromatic rings. The minimum Gasteiger partial charge on any atom is -0.394 e. The summed E-state index contributed by atoms with van der Waals surface area (Å²) in [6.07, 6.45) is 0. The monoisotopic (exact) mass is 273 g/mol. The standard InChI is InChI=1S/C10H9Cl2N3O2/c11-5-1-2-6(7(12)3-5)9-13-8(4-16)10(17)15-14-9/h1-3,8,16H,4H2,(H,13,14)(H,15,17). The number of nitrogens with one attached hydrogen (secondary N) is 2. The van der Waals surface area contributed by atoms with Crippen molar-refractivity contribution in [3.05, 3.63) is 33.8 Å². The third-order valence-corrected chi connectivity index (χ3v) is 2.80. The van der Waals surface area contributed by atoms with Gasteiger partial charge in [0.1, 0.15) is 5.84 Å². The third-order valence-electron chi connectivity index (χ3n) is 2.25. The van der Waals surface area contributed by atoms with E-state index in [4.69, 9.17) is 28.3 Å². The van der Waals surface area contributed by atoms with Gasteiger partial charge in [-0.15, -0.1) is 0 Å². The maximum absolute atomic E-state index is 11.2. The molecule has 0 bridgehead atoms. The summed E-state index contributed by atoms with van der Waals surface area (Å²) in [6, 6.07) is 4.10. The highest BCUT2D eigenvalue weighted by Gasteiger charge is 2.23. The largest absolute Gasteiger partial charge is 0.394 e. The molecule has 0 saturated heterocycles. The van der Waals surface area contributed by atoms with Crippen molar-refractivity contribution in [2.24, 2.45) is 4.99 Å². The fraction of sp³-hybridized carbons (Fsp3) is 0.200. The maximum atomic E-state index is 11.2. The van der Waals surface area contributed by atoms with Gasteiger partial charge in [0.25, 0.3) is 5.91 Å². The van der Waals surface area contributed by atoms with Crippen LogP contribution in [0.15, 0.2) is 23.2 Å². The summed E-state index contributed by atoms with van der Waals surface area (Å²) in [5, 5.41) is 9.92. The zero-order valence-electron chi connectivity index (χ0n) is 8.58. The number of amidine groups is 1. The van der Waals surface area contributed by atoms with Crippen LogP contribution in [0.3, 0.4) is 0 Å². The number of benzene rings is 1. The van der Waals surface area contributed by atoms with Crippen molar-refractivity contribution in [2.45, 2.75) is 6.04 Å². The Morgan fingerprint density at radius 3 is 2.76 bits per heavy atom. The van der Waals surface area contributed by atoms with Crippen molar-refractivity contribution in [1.82, 2.24) is 10.9 Å². The predicted octanol–water partition coefficient (Wildman–Crippen LogP) is 0.735. The molecule has 1 aromatic carbocycles. The quantitative estimate of drug-likeness (QED) is 0.744. The number of aliphatic imine (C=N–C) groups is 1. The van der Waals surface area contributed by atoms with Gasteiger partial charge in [-0.3, -0.25) is 20.6 Å². The molecule has 90 valence electrons. The number of nitrogens with zero attached hydrogens (tertiary/aromatic N) is 1. The first-order valence-electron chi connectivity index (χ1n) is 4.82. The van der Waals surface area contributed by atoms with Gasteiger partial charge in [0.2, 0.25) is 0 Å². The molecular formula is C10H9Cl2N3O2. The number of hydrogen-bond donors (Lipinski definition) is 3. The van der Waals surface area contributed by atoms with E-state index in [1.807, 2.05) is 0 Å². The lowest BCUT2D eigenvalue weighted by Gasteiger charge is -2.21. The number of aliphatic hydroxyl groups excluding tert-OH is 1. The molecule has 1 atom stereocenters. The number of halogens is 2. The SMILES string of the molecule is O=C1NNC(c2ccc(Cl)cc2Cl)=NC1CO. The Kier molecular flexibility index (Phi) is 3.51. The van der Waals surface area contributed by atoms with Crippen LogP contribution < -0.4 is 10.9 Å². The molecule has 0 saturated carbocycles. The molecule has 1 aliphatic heterocycles. The Morgan fingerprint density at radius 1 is 1.35 bits per heavy atom. The lowest BCUT2D eigenvalue weighted by Crippen LogP contribution is -2.52. The van der Waals surface area contributed by atoms with E-state index in [9.17, 15) is 4.79 Å². The Hall–Kier alpha value is -1.30. The molecule has 2 rings (SSSR count). The summed E-state index contributed by atoms with van der Waals surface area (Å²) in [5.74, 6) is 0.00616. The van der Waals surface area contributed by atoms with Crippen LogP contribution in [0.1, 0.15) is 5.56 Å². The number of aliphatic hydroxyl groups is 1. The summed E-state index contributed by atoms with van der Waals surface area (Å²) < 4.78 is 0. The molecule has 0 aromatic heterocycles. The fourth-order valence-electron chi connectivity index (χ4n) is 1.39. The number of carbonyl (C=O) groups excluding carboxylic acids is 1. The number of rotatable bonds is 2. The van der Waals surface area contributed by atoms with Gasteiger partial charge in [-0.25, -0.2) is 0 Å². The molecule has 0 fully saturated rings. The first-order valence-corrected chi connectivity index (χ1v) is 5.57. The molecule has 1 unspecified atom stereocenters. The molecule has 7 heteroatoms. The van der Waals surface area contributed by atoms with Gasteiger partial charge in [0, 0.05) is 10.6 Å². The van der Waals surface area contributed by atoms with E-state index in [1.54, 1.807) is 18.2 Å². The van der Waals surface area contributed by atoms with Crippen molar-refractivity contribution < 1.29 is 9.90 Å². The van der Waals surface area contributed by atoms with Crippen molar-refractivity contribution >= 4 is 34.9 Å². The predicted molar refractivity (Wildman–Crippen MR) is 65.2 cm³/mol. The summed E-state index contributed by atoms with van der Waals surface area (Å²) in [5.41, 5.74) is 5.63. The molecule has 1 heterocycles. The lowest BCUT2D eigenvalue weighted by molar-refractivity contribution is -0.124. The Labute approximate surface area is 107 Å². The maximum Gasteiger partial charge on any atom is 0.265 e. The second-order valence-electron chi connectivity index (χ2n) is 3.41. The highest BCUT2D eigenvalue weighted by atomic mass is 35.5. The van der Waals surface area contributed by atoms with Gasteiger partial charge >= 0.3 is 0 Å². The molecule has 1 amide bonds. The topological polar surface area (TPSA) is 73.7 Å². The summed E-state index contributed by atoms with van der Waals surface area (Å²) >= 11 is 11.8. The molecule has 17 heavy (non-hydrogen) atoms.